The van der Waals surface area contributed by atoms with Crippen LogP contribution in [0.2, 0.25) is 0 Å². The third kappa shape index (κ3) is 2.32. The number of hydrogen-bond acceptors (Lipinski definition) is 2. The molecule has 2 aromatic rings. The first-order valence-electron chi connectivity index (χ1n) is 5.00. The summed E-state index contributed by atoms with van der Waals surface area (Å²) in [6.45, 7) is 2.96. The van der Waals surface area contributed by atoms with Crippen LogP contribution in [0.5, 0.6) is 0 Å². The summed E-state index contributed by atoms with van der Waals surface area (Å²) >= 11 is 5.83. The molecule has 4 nitrogen and oxygen atoms in total. The Morgan fingerprint density at radius 1 is 1.44 bits per heavy atom. The predicted octanol–water partition coefficient (Wildman–Crippen LogP) is 2.59. The summed E-state index contributed by atoms with van der Waals surface area (Å²) in [5.41, 5.74) is 2.44. The summed E-state index contributed by atoms with van der Waals surface area (Å²) in [4.78, 5) is 0. The van der Waals surface area contributed by atoms with Crippen molar-refractivity contribution in [2.45, 2.75) is 19.9 Å². The van der Waals surface area contributed by atoms with Gasteiger partial charge >= 0.3 is 0 Å². The van der Waals surface area contributed by atoms with Gasteiger partial charge in [0.2, 0.25) is 0 Å². The minimum atomic E-state index is 0.868. The Morgan fingerprint density at radius 3 is 2.69 bits per heavy atom. The fourth-order valence-electron chi connectivity index (χ4n) is 1.58. The van der Waals surface area contributed by atoms with Crippen LogP contribution in [0.4, 0.5) is 0 Å². The molecule has 16 heavy (non-hydrogen) atoms. The summed E-state index contributed by atoms with van der Waals surface area (Å²) in [6.07, 6.45) is 4.83. The van der Waals surface area contributed by atoms with Crippen LogP contribution in [0.3, 0.4) is 0 Å². The Balaban J connectivity index is 2.27. The van der Waals surface area contributed by atoms with Crippen LogP contribution >= 0.6 is 38.5 Å². The average Bonchev–Trinajstić information content (AvgIpc) is 2.73. The van der Waals surface area contributed by atoms with Gasteiger partial charge in [-0.05, 0) is 45.4 Å². The highest BCUT2D eigenvalue weighted by atomic mass is 127. The predicted molar refractivity (Wildman–Crippen MR) is 74.3 cm³/mol. The van der Waals surface area contributed by atoms with Crippen molar-refractivity contribution in [3.8, 4) is 0 Å². The SMILES string of the molecule is CCn1ncc(Cc2cn(C)nc2I)c1Br. The lowest BCUT2D eigenvalue weighted by Crippen LogP contribution is -1.96. The molecule has 6 heteroatoms. The van der Waals surface area contributed by atoms with Crippen molar-refractivity contribution in [3.63, 3.8) is 0 Å². The molecule has 0 N–H and O–H groups in total. The van der Waals surface area contributed by atoms with Crippen LogP contribution in [-0.4, -0.2) is 19.6 Å². The molecule has 0 bridgehead atoms. The van der Waals surface area contributed by atoms with Gasteiger partial charge in [0.05, 0.1) is 6.20 Å². The van der Waals surface area contributed by atoms with Crippen molar-refractivity contribution in [2.24, 2.45) is 7.05 Å². The topological polar surface area (TPSA) is 35.6 Å². The summed E-state index contributed by atoms with van der Waals surface area (Å²) in [5.74, 6) is 0. The van der Waals surface area contributed by atoms with Crippen molar-refractivity contribution >= 4 is 38.5 Å². The lowest BCUT2D eigenvalue weighted by Gasteiger charge is -1.99. The zero-order valence-electron chi connectivity index (χ0n) is 9.11. The normalized spacial score (nSPS) is 11.0. The summed E-state index contributed by atoms with van der Waals surface area (Å²) < 4.78 is 5.90. The first-order chi connectivity index (χ1) is 7.61. The molecule has 0 aliphatic heterocycles. The van der Waals surface area contributed by atoms with E-state index in [2.05, 4.69) is 61.8 Å². The van der Waals surface area contributed by atoms with Gasteiger partial charge in [-0.25, -0.2) is 0 Å². The maximum atomic E-state index is 4.32. The van der Waals surface area contributed by atoms with Crippen molar-refractivity contribution in [1.82, 2.24) is 19.6 Å². The van der Waals surface area contributed by atoms with Gasteiger partial charge in [0.25, 0.3) is 0 Å². The first kappa shape index (κ1) is 12.1. The van der Waals surface area contributed by atoms with Gasteiger partial charge in [-0.1, -0.05) is 0 Å². The highest BCUT2D eigenvalue weighted by molar-refractivity contribution is 14.1. The van der Waals surface area contributed by atoms with E-state index < -0.39 is 0 Å². The number of aromatic nitrogens is 4. The van der Waals surface area contributed by atoms with Crippen molar-refractivity contribution < 1.29 is 0 Å². The molecule has 0 atom stereocenters. The van der Waals surface area contributed by atoms with E-state index in [0.29, 0.717) is 0 Å². The summed E-state index contributed by atoms with van der Waals surface area (Å²) in [6, 6.07) is 0. The molecule has 0 aliphatic rings. The molecule has 2 aromatic heterocycles. The van der Waals surface area contributed by atoms with E-state index in [-0.39, 0.29) is 0 Å². The lowest BCUT2D eigenvalue weighted by molar-refractivity contribution is 0.644. The number of nitrogens with zero attached hydrogens (tertiary/aromatic N) is 4. The number of rotatable bonds is 3. The van der Waals surface area contributed by atoms with Gasteiger partial charge in [0.15, 0.2) is 0 Å². The monoisotopic (exact) mass is 394 g/mol. The van der Waals surface area contributed by atoms with Crippen LogP contribution in [0, 0.1) is 3.70 Å². The Bertz CT molecular complexity index is 503. The number of halogens is 2. The second-order valence-corrected chi connectivity index (χ2v) is 5.34. The molecule has 2 rings (SSSR count). The molecule has 0 saturated heterocycles. The second-order valence-electron chi connectivity index (χ2n) is 3.57. The molecular weight excluding hydrogens is 383 g/mol. The molecule has 0 radical (unpaired) electrons. The number of hydrogen-bond donors (Lipinski definition) is 0. The zero-order valence-corrected chi connectivity index (χ0v) is 12.9. The van der Waals surface area contributed by atoms with E-state index in [1.165, 1.54) is 11.1 Å². The van der Waals surface area contributed by atoms with Crippen LogP contribution < -0.4 is 0 Å². The van der Waals surface area contributed by atoms with Crippen molar-refractivity contribution in [1.29, 1.82) is 0 Å². The minimum absolute atomic E-state index is 0.868. The van der Waals surface area contributed by atoms with Gasteiger partial charge in [0, 0.05) is 37.3 Å². The van der Waals surface area contributed by atoms with E-state index in [9.17, 15) is 0 Å². The minimum Gasteiger partial charge on any atom is -0.274 e. The molecule has 0 fully saturated rings. The van der Waals surface area contributed by atoms with Gasteiger partial charge < -0.3 is 0 Å². The standard InChI is InChI=1S/C10H12BrIN4/c1-3-16-9(11)7(5-13-16)4-8-6-15(2)14-10(8)12/h5-6H,3-4H2,1-2H3. The molecule has 0 saturated carbocycles. The van der Waals surface area contributed by atoms with Crippen molar-refractivity contribution in [2.75, 3.05) is 0 Å². The summed E-state index contributed by atoms with van der Waals surface area (Å²) in [5, 5.41) is 8.63. The lowest BCUT2D eigenvalue weighted by atomic mass is 10.2. The largest absolute Gasteiger partial charge is 0.274 e. The van der Waals surface area contributed by atoms with Gasteiger partial charge in [-0.2, -0.15) is 10.2 Å². The van der Waals surface area contributed by atoms with Gasteiger partial charge in [-0.15, -0.1) is 0 Å². The molecule has 0 aromatic carbocycles. The molecule has 86 valence electrons. The number of aryl methyl sites for hydroxylation is 2. The zero-order chi connectivity index (χ0) is 11.7. The maximum Gasteiger partial charge on any atom is 0.126 e. The molecule has 0 unspecified atom stereocenters. The second kappa shape index (κ2) is 4.87. The van der Waals surface area contributed by atoms with Crippen LogP contribution in [0.25, 0.3) is 0 Å². The maximum absolute atomic E-state index is 4.32. The van der Waals surface area contributed by atoms with Crippen LogP contribution in [-0.2, 0) is 20.0 Å². The Morgan fingerprint density at radius 2 is 2.19 bits per heavy atom. The smallest absolute Gasteiger partial charge is 0.126 e. The van der Waals surface area contributed by atoms with Crippen molar-refractivity contribution in [3.05, 3.63) is 31.8 Å². The molecule has 0 spiro atoms. The fraction of sp³-hybridized carbons (Fsp3) is 0.400. The molecule has 0 amide bonds. The third-order valence-corrected chi connectivity index (χ3v) is 4.21. The average molecular weight is 395 g/mol. The van der Waals surface area contributed by atoms with E-state index in [4.69, 9.17) is 0 Å². The Hall–Kier alpha value is -0.370. The van der Waals surface area contributed by atoms with Crippen LogP contribution in [0.1, 0.15) is 18.1 Å². The summed E-state index contributed by atoms with van der Waals surface area (Å²) in [7, 11) is 1.94. The Kier molecular flexibility index (Phi) is 3.68. The first-order valence-corrected chi connectivity index (χ1v) is 6.87. The van der Waals surface area contributed by atoms with Crippen LogP contribution in [0.15, 0.2) is 17.0 Å². The highest BCUT2D eigenvalue weighted by Gasteiger charge is 2.11. The Labute approximate surface area is 116 Å². The van der Waals surface area contributed by atoms with E-state index in [0.717, 1.165) is 21.3 Å². The van der Waals surface area contributed by atoms with E-state index in [1.54, 1.807) is 0 Å². The fourth-order valence-corrected chi connectivity index (χ4v) is 2.84. The highest BCUT2D eigenvalue weighted by Crippen LogP contribution is 2.21. The third-order valence-electron chi connectivity index (χ3n) is 2.38. The van der Waals surface area contributed by atoms with Gasteiger partial charge in [-0.3, -0.25) is 9.36 Å². The van der Waals surface area contributed by atoms with Gasteiger partial charge in [0.1, 0.15) is 8.30 Å². The molecule has 0 aliphatic carbocycles. The van der Waals surface area contributed by atoms with E-state index in [1.807, 2.05) is 22.6 Å². The quantitative estimate of drug-likeness (QED) is 0.750. The molecular formula is C10H12BrIN4. The van der Waals surface area contributed by atoms with E-state index >= 15 is 0 Å². The molecule has 2 heterocycles.